The zero-order valence-electron chi connectivity index (χ0n) is 27.3. The van der Waals surface area contributed by atoms with Crippen molar-refractivity contribution in [3.05, 3.63) is 0 Å². The molecule has 0 unspecified atom stereocenters. The highest BCUT2D eigenvalue weighted by atomic mass is 16.4. The summed E-state index contributed by atoms with van der Waals surface area (Å²) in [5.74, 6) is -0.655. The smallest absolute Gasteiger partial charge is 0.303 e. The number of nitrogens with zero attached hydrogens (tertiary/aromatic N) is 1. The summed E-state index contributed by atoms with van der Waals surface area (Å²) >= 11 is 0. The van der Waals surface area contributed by atoms with E-state index in [1.807, 2.05) is 0 Å². The van der Waals surface area contributed by atoms with Crippen LogP contribution in [0.5, 0.6) is 0 Å². The van der Waals surface area contributed by atoms with Crippen molar-refractivity contribution in [2.45, 2.75) is 187 Å². The molecule has 5 nitrogen and oxygen atoms in total. The molecule has 40 heavy (non-hydrogen) atoms. The molecule has 0 aliphatic carbocycles. The zero-order chi connectivity index (χ0) is 29.8. The Balaban J connectivity index is 0. The van der Waals surface area contributed by atoms with E-state index < -0.39 is 5.97 Å². The molecule has 0 aromatic carbocycles. The average molecular weight is 572 g/mol. The van der Waals surface area contributed by atoms with Crippen molar-refractivity contribution in [2.75, 3.05) is 32.8 Å². The molecule has 0 saturated heterocycles. The predicted molar refractivity (Wildman–Crippen MR) is 174 cm³/mol. The Kier molecular flexibility index (Phi) is 39.8. The Hall–Kier alpha value is -0.650. The van der Waals surface area contributed by atoms with E-state index in [0.717, 1.165) is 19.4 Å². The second-order valence-corrected chi connectivity index (χ2v) is 11.9. The van der Waals surface area contributed by atoms with Crippen LogP contribution in [-0.2, 0) is 4.79 Å². The first-order valence-corrected chi connectivity index (χ1v) is 17.8. The minimum Gasteiger partial charge on any atom is -0.481 e. The number of carboxylic acids is 1. The SMILES string of the molecule is CCCCCCCCCCCCCCC(=O)O.CCCCCCCCCCCCCCCCN(CCO)CCO. The topological polar surface area (TPSA) is 81.0 Å². The molecule has 0 atom stereocenters. The maximum atomic E-state index is 10.3. The van der Waals surface area contributed by atoms with E-state index in [1.54, 1.807) is 0 Å². The van der Waals surface area contributed by atoms with E-state index >= 15 is 0 Å². The van der Waals surface area contributed by atoms with Gasteiger partial charge in [-0.25, -0.2) is 0 Å². The van der Waals surface area contributed by atoms with Crippen molar-refractivity contribution < 1.29 is 20.1 Å². The van der Waals surface area contributed by atoms with Gasteiger partial charge in [-0.1, -0.05) is 168 Å². The molecule has 0 bridgehead atoms. The number of aliphatic carboxylic acids is 1. The summed E-state index contributed by atoms with van der Waals surface area (Å²) in [7, 11) is 0. The highest BCUT2D eigenvalue weighted by molar-refractivity contribution is 5.66. The molecule has 0 radical (unpaired) electrons. The number of aliphatic hydroxyl groups is 2. The first-order valence-electron chi connectivity index (χ1n) is 17.8. The van der Waals surface area contributed by atoms with Crippen molar-refractivity contribution >= 4 is 5.97 Å². The molecule has 5 heteroatoms. The van der Waals surface area contributed by atoms with Gasteiger partial charge in [-0.05, 0) is 19.4 Å². The van der Waals surface area contributed by atoms with Gasteiger partial charge in [0, 0.05) is 19.5 Å². The summed E-state index contributed by atoms with van der Waals surface area (Å²) in [5, 5.41) is 26.4. The van der Waals surface area contributed by atoms with Crippen molar-refractivity contribution in [1.82, 2.24) is 4.90 Å². The van der Waals surface area contributed by atoms with Crippen LogP contribution in [0.2, 0.25) is 0 Å². The second kappa shape index (κ2) is 38.4. The van der Waals surface area contributed by atoms with Crippen LogP contribution in [0.1, 0.15) is 187 Å². The third-order valence-electron chi connectivity index (χ3n) is 7.90. The van der Waals surface area contributed by atoms with Gasteiger partial charge in [-0.3, -0.25) is 9.69 Å². The largest absolute Gasteiger partial charge is 0.481 e. The molecule has 0 aromatic heterocycles. The lowest BCUT2D eigenvalue weighted by molar-refractivity contribution is -0.137. The minimum absolute atomic E-state index is 0.193. The standard InChI is InChI=1S/C20H43NO2.C15H30O2/c1-2-3-4-5-6-7-8-9-10-11-12-13-14-15-16-21(17-19-22)18-20-23;1-2-3-4-5-6-7-8-9-10-11-12-13-14-15(16)17/h22-23H,2-20H2,1H3;2-14H2,1H3,(H,16,17). The Bertz CT molecular complexity index is 455. The second-order valence-electron chi connectivity index (χ2n) is 11.9. The van der Waals surface area contributed by atoms with Crippen LogP contribution in [0.3, 0.4) is 0 Å². The minimum atomic E-state index is -0.655. The van der Waals surface area contributed by atoms with Crippen molar-refractivity contribution in [1.29, 1.82) is 0 Å². The molecule has 0 aliphatic heterocycles. The summed E-state index contributed by atoms with van der Waals surface area (Å²) in [5.41, 5.74) is 0. The van der Waals surface area contributed by atoms with Crippen molar-refractivity contribution in [2.24, 2.45) is 0 Å². The summed E-state index contributed by atoms with van der Waals surface area (Å²) in [4.78, 5) is 12.4. The molecule has 3 N–H and O–H groups in total. The van der Waals surface area contributed by atoms with Crippen LogP contribution < -0.4 is 0 Å². The van der Waals surface area contributed by atoms with Gasteiger partial charge in [0.05, 0.1) is 13.2 Å². The van der Waals surface area contributed by atoms with Gasteiger partial charge in [-0.15, -0.1) is 0 Å². The number of hydrogen-bond donors (Lipinski definition) is 3. The normalized spacial score (nSPS) is 11.1. The number of hydrogen-bond acceptors (Lipinski definition) is 4. The van der Waals surface area contributed by atoms with Crippen molar-refractivity contribution in [3.63, 3.8) is 0 Å². The molecule has 242 valence electrons. The van der Waals surface area contributed by atoms with Crippen LogP contribution >= 0.6 is 0 Å². The van der Waals surface area contributed by atoms with E-state index in [1.165, 1.54) is 154 Å². The third kappa shape index (κ3) is 39.5. The van der Waals surface area contributed by atoms with E-state index in [-0.39, 0.29) is 13.2 Å². The fourth-order valence-corrected chi connectivity index (χ4v) is 5.27. The van der Waals surface area contributed by atoms with Gasteiger partial charge in [0.1, 0.15) is 0 Å². The van der Waals surface area contributed by atoms with Gasteiger partial charge in [0.2, 0.25) is 0 Å². The summed E-state index contributed by atoms with van der Waals surface area (Å²) < 4.78 is 0. The zero-order valence-corrected chi connectivity index (χ0v) is 27.3. The Morgan fingerprint density at radius 1 is 0.425 bits per heavy atom. The molecular formula is C35H73NO4. The monoisotopic (exact) mass is 572 g/mol. The lowest BCUT2D eigenvalue weighted by atomic mass is 10.0. The first kappa shape index (κ1) is 41.5. The number of carboxylic acid groups (broad SMARTS) is 1. The maximum Gasteiger partial charge on any atom is 0.303 e. The molecule has 0 aromatic rings. The van der Waals surface area contributed by atoms with Gasteiger partial charge < -0.3 is 15.3 Å². The number of rotatable bonds is 32. The van der Waals surface area contributed by atoms with Crippen LogP contribution in [0.15, 0.2) is 0 Å². The predicted octanol–water partition coefficient (Wildman–Crippen LogP) is 9.92. The third-order valence-corrected chi connectivity index (χ3v) is 7.90. The van der Waals surface area contributed by atoms with Gasteiger partial charge in [0.15, 0.2) is 0 Å². The number of carbonyl (C=O) groups is 1. The summed E-state index contributed by atoms with van der Waals surface area (Å²) in [6.45, 7) is 7.32. The molecule has 0 heterocycles. The molecule has 0 rings (SSSR count). The molecule has 0 saturated carbocycles. The summed E-state index contributed by atoms with van der Waals surface area (Å²) in [6, 6.07) is 0. The summed E-state index contributed by atoms with van der Waals surface area (Å²) in [6.07, 6.45) is 35.2. The van der Waals surface area contributed by atoms with Gasteiger partial charge in [-0.2, -0.15) is 0 Å². The first-order chi connectivity index (χ1) is 19.6. The van der Waals surface area contributed by atoms with Gasteiger partial charge >= 0.3 is 5.97 Å². The van der Waals surface area contributed by atoms with Crippen LogP contribution in [0.25, 0.3) is 0 Å². The van der Waals surface area contributed by atoms with Crippen LogP contribution in [-0.4, -0.2) is 59.0 Å². The molecule has 0 aliphatic rings. The van der Waals surface area contributed by atoms with E-state index in [4.69, 9.17) is 15.3 Å². The highest BCUT2D eigenvalue weighted by Crippen LogP contribution is 2.14. The van der Waals surface area contributed by atoms with Crippen LogP contribution in [0.4, 0.5) is 0 Å². The van der Waals surface area contributed by atoms with Gasteiger partial charge in [0.25, 0.3) is 0 Å². The highest BCUT2D eigenvalue weighted by Gasteiger charge is 2.02. The Labute approximate surface area is 250 Å². The van der Waals surface area contributed by atoms with E-state index in [9.17, 15) is 4.79 Å². The quantitative estimate of drug-likeness (QED) is 0.0700. The lowest BCUT2D eigenvalue weighted by Crippen LogP contribution is -2.30. The fourth-order valence-electron chi connectivity index (χ4n) is 5.27. The molecule has 0 spiro atoms. The number of unbranched alkanes of at least 4 members (excludes halogenated alkanes) is 24. The van der Waals surface area contributed by atoms with E-state index in [0.29, 0.717) is 19.5 Å². The fraction of sp³-hybridized carbons (Fsp3) is 0.971. The van der Waals surface area contributed by atoms with Crippen LogP contribution in [0, 0.1) is 0 Å². The Morgan fingerprint density at radius 2 is 0.700 bits per heavy atom. The van der Waals surface area contributed by atoms with Crippen molar-refractivity contribution in [3.8, 4) is 0 Å². The van der Waals surface area contributed by atoms with E-state index in [2.05, 4.69) is 18.7 Å². The molecular weight excluding hydrogens is 498 g/mol. The lowest BCUT2D eigenvalue weighted by Gasteiger charge is -2.19. The Morgan fingerprint density at radius 3 is 0.975 bits per heavy atom. The number of aliphatic hydroxyl groups excluding tert-OH is 2. The maximum absolute atomic E-state index is 10.3. The molecule has 0 amide bonds. The molecule has 0 fully saturated rings. The average Bonchev–Trinajstić information content (AvgIpc) is 2.94.